The third-order valence-corrected chi connectivity index (χ3v) is 3.11. The predicted octanol–water partition coefficient (Wildman–Crippen LogP) is 3.01. The van der Waals surface area contributed by atoms with Gasteiger partial charge >= 0.3 is 5.97 Å². The number of aromatic carboxylic acids is 1. The first-order chi connectivity index (χ1) is 7.13. The fraction of sp³-hybridized carbons (Fsp3) is 0.200. The Bertz CT molecular complexity index is 393. The van der Waals surface area contributed by atoms with Crippen molar-refractivity contribution in [3.05, 3.63) is 35.0 Å². The first-order valence-electron chi connectivity index (χ1n) is 4.21. The first kappa shape index (κ1) is 12.1. The van der Waals surface area contributed by atoms with Crippen LogP contribution in [0.4, 0.5) is 0 Å². The van der Waals surface area contributed by atoms with Crippen LogP contribution in [0.5, 0.6) is 0 Å². The Morgan fingerprint density at radius 2 is 2.47 bits per heavy atom. The molecule has 0 unspecified atom stereocenters. The zero-order chi connectivity index (χ0) is 11.3. The van der Waals surface area contributed by atoms with Crippen LogP contribution < -0.4 is 0 Å². The van der Waals surface area contributed by atoms with E-state index < -0.39 is 5.97 Å². The molecule has 0 atom stereocenters. The van der Waals surface area contributed by atoms with Crippen molar-refractivity contribution in [2.24, 2.45) is 0 Å². The molecule has 1 N–H and O–H groups in total. The normalized spacial score (nSPS) is 11.5. The molecule has 0 aliphatic carbocycles. The van der Waals surface area contributed by atoms with Gasteiger partial charge in [-0.3, -0.25) is 0 Å². The van der Waals surface area contributed by atoms with E-state index in [-0.39, 0.29) is 5.56 Å². The summed E-state index contributed by atoms with van der Waals surface area (Å²) in [5.74, 6) is -0.233. The van der Waals surface area contributed by atoms with Crippen molar-refractivity contribution in [2.75, 3.05) is 5.75 Å². The molecule has 5 heteroatoms. The zero-order valence-electron chi connectivity index (χ0n) is 8.11. The van der Waals surface area contributed by atoms with Gasteiger partial charge in [0.2, 0.25) is 0 Å². The minimum atomic E-state index is -0.941. The van der Waals surface area contributed by atoms with Crippen molar-refractivity contribution in [3.63, 3.8) is 0 Å². The van der Waals surface area contributed by atoms with Gasteiger partial charge in [0.1, 0.15) is 0 Å². The molecule has 15 heavy (non-hydrogen) atoms. The monoisotopic (exact) mass is 243 g/mol. The topological polar surface area (TPSA) is 50.2 Å². The average Bonchev–Trinajstić information content (AvgIpc) is 2.26. The molecular formula is C10H10ClNO2S. The van der Waals surface area contributed by atoms with Crippen LogP contribution in [0.1, 0.15) is 17.3 Å². The van der Waals surface area contributed by atoms with Gasteiger partial charge in [-0.25, -0.2) is 9.78 Å². The van der Waals surface area contributed by atoms with E-state index in [4.69, 9.17) is 16.7 Å². The van der Waals surface area contributed by atoms with E-state index in [1.165, 1.54) is 29.6 Å². The summed E-state index contributed by atoms with van der Waals surface area (Å²) in [5.41, 5.74) is 2.78. The van der Waals surface area contributed by atoms with E-state index in [9.17, 15) is 4.79 Å². The number of carboxylic acids is 1. The van der Waals surface area contributed by atoms with Gasteiger partial charge in [0.05, 0.1) is 10.6 Å². The molecule has 0 saturated carbocycles. The van der Waals surface area contributed by atoms with E-state index in [0.717, 1.165) is 5.57 Å². The number of carboxylic acid groups (broad SMARTS) is 1. The van der Waals surface area contributed by atoms with Crippen LogP contribution in [0.2, 0.25) is 0 Å². The van der Waals surface area contributed by atoms with Crippen LogP contribution in [0.25, 0.3) is 0 Å². The molecule has 1 heterocycles. The van der Waals surface area contributed by atoms with Gasteiger partial charge in [-0.15, -0.1) is 11.8 Å². The number of nitrogens with zero attached hydrogens (tertiary/aromatic N) is 1. The molecule has 0 aliphatic heterocycles. The van der Waals surface area contributed by atoms with Gasteiger partial charge < -0.3 is 5.11 Å². The minimum absolute atomic E-state index is 0.250. The fourth-order valence-corrected chi connectivity index (χ4v) is 1.81. The second kappa shape index (κ2) is 5.78. The average molecular weight is 244 g/mol. The fourth-order valence-electron chi connectivity index (χ4n) is 0.841. The second-order valence-corrected chi connectivity index (χ2v) is 4.15. The van der Waals surface area contributed by atoms with Gasteiger partial charge in [0.25, 0.3) is 0 Å². The van der Waals surface area contributed by atoms with Crippen LogP contribution in [0, 0.1) is 0 Å². The lowest BCUT2D eigenvalue weighted by Gasteiger charge is -2.01. The third kappa shape index (κ3) is 3.93. The highest BCUT2D eigenvalue weighted by atomic mass is 35.5. The molecule has 3 nitrogen and oxygen atoms in total. The molecule has 0 amide bonds. The maximum atomic E-state index is 10.7. The molecule has 0 fully saturated rings. The highest BCUT2D eigenvalue weighted by Crippen LogP contribution is 2.19. The number of hydrogen-bond acceptors (Lipinski definition) is 3. The van der Waals surface area contributed by atoms with Crippen molar-refractivity contribution >= 4 is 29.3 Å². The van der Waals surface area contributed by atoms with Crippen LogP contribution in [0.3, 0.4) is 0 Å². The highest BCUT2D eigenvalue weighted by Gasteiger charge is 2.04. The molecule has 0 spiro atoms. The summed E-state index contributed by atoms with van der Waals surface area (Å²) in [6.07, 6.45) is 1.49. The molecule has 0 radical (unpaired) electrons. The number of halogens is 1. The van der Waals surface area contributed by atoms with Gasteiger partial charge in [0.15, 0.2) is 0 Å². The maximum absolute atomic E-state index is 10.7. The molecule has 1 aromatic heterocycles. The smallest absolute Gasteiger partial charge is 0.335 e. The number of hydrogen-bond donors (Lipinski definition) is 1. The SMILES string of the molecule is C/C(=C/Cl)CSc1cc(C(=O)O)ccn1. The number of pyridine rings is 1. The van der Waals surface area contributed by atoms with Crippen LogP contribution in [0.15, 0.2) is 34.5 Å². The van der Waals surface area contributed by atoms with Crippen molar-refractivity contribution in [3.8, 4) is 0 Å². The summed E-state index contributed by atoms with van der Waals surface area (Å²) >= 11 is 6.97. The molecular weight excluding hydrogens is 234 g/mol. The largest absolute Gasteiger partial charge is 0.478 e. The van der Waals surface area contributed by atoms with E-state index in [0.29, 0.717) is 10.8 Å². The van der Waals surface area contributed by atoms with Crippen molar-refractivity contribution < 1.29 is 9.90 Å². The molecule has 0 aromatic carbocycles. The Morgan fingerprint density at radius 3 is 3.07 bits per heavy atom. The summed E-state index contributed by atoms with van der Waals surface area (Å²) in [5, 5.41) is 9.45. The predicted molar refractivity (Wildman–Crippen MR) is 61.5 cm³/mol. The van der Waals surface area contributed by atoms with E-state index in [1.54, 1.807) is 6.07 Å². The van der Waals surface area contributed by atoms with Gasteiger partial charge in [0, 0.05) is 17.5 Å². The standard InChI is InChI=1S/C10H10ClNO2S/c1-7(5-11)6-15-9-4-8(10(13)14)2-3-12-9/h2-5H,6H2,1H3,(H,13,14)/b7-5-. The van der Waals surface area contributed by atoms with Crippen LogP contribution >= 0.6 is 23.4 Å². The lowest BCUT2D eigenvalue weighted by atomic mass is 10.3. The Morgan fingerprint density at radius 1 is 1.73 bits per heavy atom. The first-order valence-corrected chi connectivity index (χ1v) is 5.63. The maximum Gasteiger partial charge on any atom is 0.335 e. The number of rotatable bonds is 4. The number of carbonyl (C=O) groups is 1. The second-order valence-electron chi connectivity index (χ2n) is 2.93. The summed E-state index contributed by atoms with van der Waals surface area (Å²) < 4.78 is 0. The lowest BCUT2D eigenvalue weighted by molar-refractivity contribution is 0.0696. The van der Waals surface area contributed by atoms with E-state index in [1.807, 2.05) is 6.92 Å². The van der Waals surface area contributed by atoms with Crippen LogP contribution in [-0.4, -0.2) is 21.8 Å². The third-order valence-electron chi connectivity index (χ3n) is 1.62. The Hall–Kier alpha value is -1.00. The quantitative estimate of drug-likeness (QED) is 0.826. The number of aromatic nitrogens is 1. The molecule has 80 valence electrons. The van der Waals surface area contributed by atoms with Crippen molar-refractivity contribution in [1.29, 1.82) is 0 Å². The summed E-state index contributed by atoms with van der Waals surface area (Å²) in [7, 11) is 0. The Balaban J connectivity index is 2.70. The number of thioether (sulfide) groups is 1. The summed E-state index contributed by atoms with van der Waals surface area (Å²) in [6, 6.07) is 3.02. The molecule has 1 rings (SSSR count). The van der Waals surface area contributed by atoms with E-state index in [2.05, 4.69) is 4.98 Å². The summed E-state index contributed by atoms with van der Waals surface area (Å²) in [4.78, 5) is 14.7. The Labute approximate surface area is 97.2 Å². The van der Waals surface area contributed by atoms with Gasteiger partial charge in [-0.1, -0.05) is 17.2 Å². The molecule has 0 saturated heterocycles. The van der Waals surface area contributed by atoms with Crippen molar-refractivity contribution in [1.82, 2.24) is 4.98 Å². The Kier molecular flexibility index (Phi) is 4.65. The zero-order valence-corrected chi connectivity index (χ0v) is 9.68. The van der Waals surface area contributed by atoms with Crippen LogP contribution in [-0.2, 0) is 0 Å². The highest BCUT2D eigenvalue weighted by molar-refractivity contribution is 7.99. The minimum Gasteiger partial charge on any atom is -0.478 e. The van der Waals surface area contributed by atoms with Crippen molar-refractivity contribution in [2.45, 2.75) is 11.9 Å². The molecule has 0 bridgehead atoms. The van der Waals surface area contributed by atoms with Gasteiger partial charge in [-0.2, -0.15) is 0 Å². The molecule has 0 aliphatic rings. The lowest BCUT2D eigenvalue weighted by Crippen LogP contribution is -1.97. The van der Waals surface area contributed by atoms with Gasteiger partial charge in [-0.05, 0) is 19.1 Å². The molecule has 1 aromatic rings. The van der Waals surface area contributed by atoms with E-state index >= 15 is 0 Å². The summed E-state index contributed by atoms with van der Waals surface area (Å²) in [6.45, 7) is 1.90.